The number of nitrogens with zero attached hydrogens (tertiary/aromatic N) is 1. The smallest absolute Gasteiger partial charge is 0.120 e. The Morgan fingerprint density at radius 3 is 2.62 bits per heavy atom. The Labute approximate surface area is 234 Å². The number of fused-ring (bicyclic) bond motifs is 1. The summed E-state index contributed by atoms with van der Waals surface area (Å²) in [5.41, 5.74) is 6.83. The van der Waals surface area contributed by atoms with Crippen LogP contribution in [0.4, 0.5) is 5.69 Å². The lowest BCUT2D eigenvalue weighted by atomic mass is 9.79. The molecule has 2 N–H and O–H groups in total. The number of hydrogen-bond acceptors (Lipinski definition) is 5. The van der Waals surface area contributed by atoms with Gasteiger partial charge in [-0.3, -0.25) is 4.90 Å². The first-order valence-corrected chi connectivity index (χ1v) is 14.6. The predicted octanol–water partition coefficient (Wildman–Crippen LogP) is 6.83. The third kappa shape index (κ3) is 7.27. The van der Waals surface area contributed by atoms with E-state index in [1.165, 1.54) is 41.6 Å². The number of phenolic OH excluding ortho intramolecular Hbond substituents is 1. The van der Waals surface area contributed by atoms with Gasteiger partial charge in [-0.15, -0.1) is 0 Å². The Balaban J connectivity index is 1.14. The molecule has 5 heteroatoms. The van der Waals surface area contributed by atoms with Crippen molar-refractivity contribution in [2.24, 2.45) is 5.41 Å². The highest BCUT2D eigenvalue weighted by molar-refractivity contribution is 5.58. The van der Waals surface area contributed by atoms with Crippen LogP contribution < -0.4 is 14.8 Å². The van der Waals surface area contributed by atoms with Crippen LogP contribution in [0.1, 0.15) is 61.3 Å². The second-order valence-corrected chi connectivity index (χ2v) is 12.1. The SMILES string of the molecule is COc1ccc(C2CCc3cc(O)ccc3C2)c(NCCc2ccc(OCCN3CCCC(C)(C)C3)cc2)c1. The number of phenols is 1. The van der Waals surface area contributed by atoms with Gasteiger partial charge in [0.25, 0.3) is 0 Å². The summed E-state index contributed by atoms with van der Waals surface area (Å²) in [6.45, 7) is 9.66. The van der Waals surface area contributed by atoms with Crippen LogP contribution in [0.25, 0.3) is 0 Å². The van der Waals surface area contributed by atoms with Crippen molar-refractivity contribution in [1.82, 2.24) is 4.90 Å². The minimum atomic E-state index is 0.361. The van der Waals surface area contributed by atoms with Crippen molar-refractivity contribution in [3.05, 3.63) is 82.9 Å². The van der Waals surface area contributed by atoms with Gasteiger partial charge in [0.1, 0.15) is 23.9 Å². The zero-order chi connectivity index (χ0) is 27.2. The number of rotatable bonds is 10. The van der Waals surface area contributed by atoms with Gasteiger partial charge in [0.2, 0.25) is 0 Å². The molecule has 3 aromatic rings. The van der Waals surface area contributed by atoms with Crippen LogP contribution in [0.3, 0.4) is 0 Å². The summed E-state index contributed by atoms with van der Waals surface area (Å²) in [4.78, 5) is 2.54. The van der Waals surface area contributed by atoms with Gasteiger partial charge >= 0.3 is 0 Å². The van der Waals surface area contributed by atoms with Gasteiger partial charge in [0, 0.05) is 31.4 Å². The van der Waals surface area contributed by atoms with Crippen LogP contribution in [-0.2, 0) is 19.3 Å². The van der Waals surface area contributed by atoms with E-state index < -0.39 is 0 Å². The van der Waals surface area contributed by atoms with Crippen molar-refractivity contribution in [3.63, 3.8) is 0 Å². The van der Waals surface area contributed by atoms with Crippen LogP contribution in [-0.4, -0.2) is 49.9 Å². The van der Waals surface area contributed by atoms with E-state index in [1.807, 2.05) is 6.07 Å². The molecule has 0 saturated carbocycles. The first kappa shape index (κ1) is 27.4. The quantitative estimate of drug-likeness (QED) is 0.302. The average molecular weight is 529 g/mol. The topological polar surface area (TPSA) is 54.0 Å². The maximum absolute atomic E-state index is 9.85. The highest BCUT2D eigenvalue weighted by Crippen LogP contribution is 2.38. The van der Waals surface area contributed by atoms with Gasteiger partial charge < -0.3 is 19.9 Å². The number of piperidine rings is 1. The van der Waals surface area contributed by atoms with Gasteiger partial charge in [0.05, 0.1) is 7.11 Å². The fourth-order valence-corrected chi connectivity index (χ4v) is 6.30. The molecule has 3 aromatic carbocycles. The molecule has 5 rings (SSSR count). The Kier molecular flexibility index (Phi) is 8.66. The molecular formula is C34H44N2O3. The molecule has 0 spiro atoms. The molecule has 1 fully saturated rings. The zero-order valence-electron chi connectivity index (χ0n) is 23.8. The highest BCUT2D eigenvalue weighted by atomic mass is 16.5. The van der Waals surface area contributed by atoms with Crippen molar-refractivity contribution in [1.29, 1.82) is 0 Å². The van der Waals surface area contributed by atoms with Gasteiger partial charge in [-0.2, -0.15) is 0 Å². The number of ether oxygens (including phenoxy) is 2. The molecule has 39 heavy (non-hydrogen) atoms. The Morgan fingerprint density at radius 2 is 1.82 bits per heavy atom. The summed E-state index contributed by atoms with van der Waals surface area (Å²) in [6.07, 6.45) is 6.60. The second kappa shape index (κ2) is 12.3. The lowest BCUT2D eigenvalue weighted by Crippen LogP contribution is -2.41. The average Bonchev–Trinajstić information content (AvgIpc) is 2.93. The van der Waals surface area contributed by atoms with Crippen molar-refractivity contribution >= 4 is 5.69 Å². The molecule has 1 unspecified atom stereocenters. The van der Waals surface area contributed by atoms with Crippen molar-refractivity contribution < 1.29 is 14.6 Å². The Bertz CT molecular complexity index is 1240. The fourth-order valence-electron chi connectivity index (χ4n) is 6.30. The number of anilines is 1. The Morgan fingerprint density at radius 1 is 1.00 bits per heavy atom. The molecule has 0 aromatic heterocycles. The number of aryl methyl sites for hydroxylation is 1. The van der Waals surface area contributed by atoms with Crippen molar-refractivity contribution in [2.45, 2.75) is 58.3 Å². The lowest BCUT2D eigenvalue weighted by Gasteiger charge is -2.37. The minimum Gasteiger partial charge on any atom is -0.508 e. The number of nitrogens with one attached hydrogen (secondary N) is 1. The summed E-state index contributed by atoms with van der Waals surface area (Å²) >= 11 is 0. The predicted molar refractivity (Wildman–Crippen MR) is 159 cm³/mol. The third-order valence-corrected chi connectivity index (χ3v) is 8.43. The van der Waals surface area contributed by atoms with E-state index in [0.717, 1.165) is 69.1 Å². The third-order valence-electron chi connectivity index (χ3n) is 8.43. The molecule has 0 amide bonds. The van der Waals surface area contributed by atoms with Gasteiger partial charge in [0.15, 0.2) is 0 Å². The lowest BCUT2D eigenvalue weighted by molar-refractivity contribution is 0.102. The molecule has 1 saturated heterocycles. The van der Waals surface area contributed by atoms with Crippen LogP contribution in [0.5, 0.6) is 17.2 Å². The molecule has 2 aliphatic rings. The van der Waals surface area contributed by atoms with Crippen molar-refractivity contribution in [3.8, 4) is 17.2 Å². The molecule has 1 aliphatic carbocycles. The summed E-state index contributed by atoms with van der Waals surface area (Å²) < 4.78 is 11.6. The summed E-state index contributed by atoms with van der Waals surface area (Å²) in [6, 6.07) is 20.8. The van der Waals surface area contributed by atoms with Crippen LogP contribution in [0, 0.1) is 5.41 Å². The molecule has 1 atom stereocenters. The van der Waals surface area contributed by atoms with Crippen LogP contribution in [0.15, 0.2) is 60.7 Å². The van der Waals surface area contributed by atoms with E-state index in [0.29, 0.717) is 17.1 Å². The molecule has 5 nitrogen and oxygen atoms in total. The number of likely N-dealkylation sites (tertiary alicyclic amines) is 1. The molecule has 0 radical (unpaired) electrons. The molecule has 1 heterocycles. The summed E-state index contributed by atoms with van der Waals surface area (Å²) in [5, 5.41) is 13.6. The van der Waals surface area contributed by atoms with Gasteiger partial charge in [-0.1, -0.05) is 38.1 Å². The highest BCUT2D eigenvalue weighted by Gasteiger charge is 2.26. The maximum atomic E-state index is 9.85. The minimum absolute atomic E-state index is 0.361. The van der Waals surface area contributed by atoms with E-state index in [1.54, 1.807) is 13.2 Å². The monoisotopic (exact) mass is 528 g/mol. The molecule has 0 bridgehead atoms. The number of aromatic hydroxyl groups is 1. The number of methoxy groups -OCH3 is 1. The largest absolute Gasteiger partial charge is 0.508 e. The van der Waals surface area contributed by atoms with Crippen LogP contribution >= 0.6 is 0 Å². The molecule has 1 aliphatic heterocycles. The number of benzene rings is 3. The zero-order valence-corrected chi connectivity index (χ0v) is 23.8. The second-order valence-electron chi connectivity index (χ2n) is 12.1. The fraction of sp³-hybridized carbons (Fsp3) is 0.471. The number of hydrogen-bond donors (Lipinski definition) is 2. The van der Waals surface area contributed by atoms with E-state index in [9.17, 15) is 5.11 Å². The van der Waals surface area contributed by atoms with E-state index in [4.69, 9.17) is 9.47 Å². The first-order chi connectivity index (χ1) is 18.9. The van der Waals surface area contributed by atoms with Crippen molar-refractivity contribution in [2.75, 3.05) is 45.2 Å². The maximum Gasteiger partial charge on any atom is 0.120 e. The molecular weight excluding hydrogens is 484 g/mol. The first-order valence-electron chi connectivity index (χ1n) is 14.6. The van der Waals surface area contributed by atoms with Gasteiger partial charge in [-0.05, 0) is 109 Å². The summed E-state index contributed by atoms with van der Waals surface area (Å²) in [7, 11) is 1.72. The standard InChI is InChI=1S/C34H44N2O3/c1-34(2)16-4-18-36(24-34)19-20-39-30-11-5-25(6-12-30)15-17-35-33-23-31(38-3)13-14-32(33)28-8-7-27-22-29(37)10-9-26(27)21-28/h5-6,9-14,22-23,28,35,37H,4,7-8,15-21,24H2,1-3H3. The normalized spacial score (nSPS) is 18.8. The van der Waals surface area contributed by atoms with Gasteiger partial charge in [-0.25, -0.2) is 0 Å². The van der Waals surface area contributed by atoms with E-state index >= 15 is 0 Å². The van der Waals surface area contributed by atoms with Crippen LogP contribution in [0.2, 0.25) is 0 Å². The Hall–Kier alpha value is -3.18. The molecule has 208 valence electrons. The van der Waals surface area contributed by atoms with E-state index in [-0.39, 0.29) is 0 Å². The summed E-state index contributed by atoms with van der Waals surface area (Å²) in [5.74, 6) is 2.63. The van der Waals surface area contributed by atoms with E-state index in [2.05, 4.69) is 72.6 Å².